The molecule has 0 spiro atoms. The molecule has 2 fully saturated rings. The van der Waals surface area contributed by atoms with Crippen LogP contribution in [0, 0.1) is 12.8 Å². The van der Waals surface area contributed by atoms with E-state index >= 15 is 0 Å². The summed E-state index contributed by atoms with van der Waals surface area (Å²) in [4.78, 5) is 19.0. The van der Waals surface area contributed by atoms with E-state index in [1.165, 1.54) is 13.2 Å². The number of methoxy groups -OCH3 is 1. The molecule has 2 aliphatic heterocycles. The monoisotopic (exact) mass is 550 g/mol. The quantitative estimate of drug-likeness (QED) is 0.446. The molecule has 1 N–H and O–H groups in total. The SMILES string of the molecule is COc1cc(Cl)c(S(=O)(=O)NCCOCC(=O)N2CCC(CN3CCN(C)CC3)CC2)c(Cl)c1C. The normalized spacial score (nSPS) is 18.7. The van der Waals surface area contributed by atoms with Crippen molar-refractivity contribution in [3.8, 4) is 5.75 Å². The number of piperazine rings is 1. The average molecular weight is 552 g/mol. The molecule has 2 aliphatic rings. The van der Waals surface area contributed by atoms with Gasteiger partial charge in [0.2, 0.25) is 15.9 Å². The number of sulfonamides is 1. The second-order valence-corrected chi connectivity index (χ2v) is 11.7. The third-order valence-corrected chi connectivity index (χ3v) is 9.25. The highest BCUT2D eigenvalue weighted by atomic mass is 35.5. The Labute approximate surface area is 218 Å². The summed E-state index contributed by atoms with van der Waals surface area (Å²) in [6, 6.07) is 1.42. The van der Waals surface area contributed by atoms with E-state index in [-0.39, 0.29) is 40.6 Å². The van der Waals surface area contributed by atoms with E-state index in [4.69, 9.17) is 32.7 Å². The number of carbonyl (C=O) groups is 1. The molecule has 35 heavy (non-hydrogen) atoms. The van der Waals surface area contributed by atoms with E-state index in [2.05, 4.69) is 21.6 Å². The number of hydrogen-bond acceptors (Lipinski definition) is 7. The predicted molar refractivity (Wildman–Crippen MR) is 137 cm³/mol. The Morgan fingerprint density at radius 3 is 2.43 bits per heavy atom. The van der Waals surface area contributed by atoms with Crippen LogP contribution in [0.2, 0.25) is 10.0 Å². The Balaban J connectivity index is 1.37. The van der Waals surface area contributed by atoms with Crippen LogP contribution in [0.3, 0.4) is 0 Å². The molecule has 0 unspecified atom stereocenters. The van der Waals surface area contributed by atoms with Crippen LogP contribution >= 0.6 is 23.2 Å². The number of nitrogens with zero attached hydrogens (tertiary/aromatic N) is 3. The van der Waals surface area contributed by atoms with Gasteiger partial charge in [-0.1, -0.05) is 23.2 Å². The molecule has 0 atom stereocenters. The molecule has 9 nitrogen and oxygen atoms in total. The summed E-state index contributed by atoms with van der Waals surface area (Å²) in [5.74, 6) is 0.963. The van der Waals surface area contributed by atoms with Gasteiger partial charge in [-0.2, -0.15) is 0 Å². The Bertz CT molecular complexity index is 979. The van der Waals surface area contributed by atoms with Gasteiger partial charge in [-0.25, -0.2) is 13.1 Å². The van der Waals surface area contributed by atoms with Gasteiger partial charge in [0.25, 0.3) is 0 Å². The lowest BCUT2D eigenvalue weighted by molar-refractivity contribution is -0.137. The Kier molecular flexibility index (Phi) is 10.5. The number of carbonyl (C=O) groups excluding carboxylic acids is 1. The third kappa shape index (κ3) is 7.67. The molecule has 12 heteroatoms. The summed E-state index contributed by atoms with van der Waals surface area (Å²) < 4.78 is 38.4. The first-order valence-electron chi connectivity index (χ1n) is 11.9. The van der Waals surface area contributed by atoms with Crippen molar-refractivity contribution in [1.82, 2.24) is 19.4 Å². The van der Waals surface area contributed by atoms with Crippen molar-refractivity contribution < 1.29 is 22.7 Å². The van der Waals surface area contributed by atoms with Crippen molar-refractivity contribution in [3.05, 3.63) is 21.7 Å². The van der Waals surface area contributed by atoms with Gasteiger partial charge in [0.1, 0.15) is 17.3 Å². The van der Waals surface area contributed by atoms with Crippen LogP contribution in [0.1, 0.15) is 18.4 Å². The number of amides is 1. The highest BCUT2D eigenvalue weighted by Gasteiger charge is 2.27. The minimum atomic E-state index is -3.96. The number of ether oxygens (including phenoxy) is 2. The minimum Gasteiger partial charge on any atom is -0.496 e. The second-order valence-electron chi connectivity index (χ2n) is 9.21. The fourth-order valence-electron chi connectivity index (χ4n) is 4.46. The van der Waals surface area contributed by atoms with Crippen LogP contribution in [0.15, 0.2) is 11.0 Å². The summed E-state index contributed by atoms with van der Waals surface area (Å²) in [5.41, 5.74) is 0.480. The average Bonchev–Trinajstić information content (AvgIpc) is 2.82. The van der Waals surface area contributed by atoms with E-state index in [0.29, 0.717) is 17.2 Å². The van der Waals surface area contributed by atoms with Gasteiger partial charge in [0, 0.05) is 64.0 Å². The Morgan fingerprint density at radius 2 is 1.80 bits per heavy atom. The molecule has 3 rings (SSSR count). The molecule has 0 saturated carbocycles. The molecule has 1 aromatic rings. The molecule has 2 saturated heterocycles. The largest absolute Gasteiger partial charge is 0.496 e. The number of likely N-dealkylation sites (tertiary alicyclic amines) is 1. The lowest BCUT2D eigenvalue weighted by Gasteiger charge is -2.38. The van der Waals surface area contributed by atoms with Crippen molar-refractivity contribution in [2.45, 2.75) is 24.7 Å². The van der Waals surface area contributed by atoms with Gasteiger partial charge in [-0.15, -0.1) is 0 Å². The van der Waals surface area contributed by atoms with Crippen LogP contribution in [0.5, 0.6) is 5.75 Å². The van der Waals surface area contributed by atoms with Gasteiger partial charge in [-0.3, -0.25) is 4.79 Å². The Morgan fingerprint density at radius 1 is 1.14 bits per heavy atom. The van der Waals surface area contributed by atoms with Gasteiger partial charge in [0.15, 0.2) is 0 Å². The molecule has 0 bridgehead atoms. The van der Waals surface area contributed by atoms with E-state index in [9.17, 15) is 13.2 Å². The van der Waals surface area contributed by atoms with Crippen molar-refractivity contribution in [2.24, 2.45) is 5.92 Å². The first kappa shape index (κ1) is 28.4. The highest BCUT2D eigenvalue weighted by Crippen LogP contribution is 2.37. The standard InChI is InChI=1S/C23H36Cl2N4O5S/c1-17-20(33-3)14-19(24)23(22(17)25)35(31,32)26-6-13-34-16-21(30)29-7-4-18(5-8-29)15-28-11-9-27(2)10-12-28/h14,18,26H,4-13,15-16H2,1-3H3. The summed E-state index contributed by atoms with van der Waals surface area (Å²) in [5, 5.41) is -0.0222. The second kappa shape index (κ2) is 12.9. The molecule has 1 aromatic carbocycles. The molecule has 2 heterocycles. The number of nitrogens with one attached hydrogen (secondary N) is 1. The maximum Gasteiger partial charge on any atom is 0.248 e. The molecule has 0 aromatic heterocycles. The zero-order valence-corrected chi connectivity index (χ0v) is 23.0. The van der Waals surface area contributed by atoms with Crippen LogP contribution in [-0.4, -0.2) is 109 Å². The first-order valence-corrected chi connectivity index (χ1v) is 14.1. The first-order chi connectivity index (χ1) is 16.6. The summed E-state index contributed by atoms with van der Waals surface area (Å²) in [6.45, 7) is 8.66. The summed E-state index contributed by atoms with van der Waals surface area (Å²) in [6.07, 6.45) is 2.00. The van der Waals surface area contributed by atoms with Gasteiger partial charge in [0.05, 0.1) is 23.8 Å². The summed E-state index contributed by atoms with van der Waals surface area (Å²) in [7, 11) is -0.350. The fourth-order valence-corrected chi connectivity index (χ4v) is 6.71. The maximum absolute atomic E-state index is 12.7. The zero-order valence-electron chi connectivity index (χ0n) is 20.7. The van der Waals surface area contributed by atoms with Gasteiger partial charge in [-0.05, 0) is 32.7 Å². The number of halogens is 2. The third-order valence-electron chi connectivity index (χ3n) is 6.71. The Hall–Kier alpha value is -1.14. The highest BCUT2D eigenvalue weighted by molar-refractivity contribution is 7.89. The molecule has 1 amide bonds. The van der Waals surface area contributed by atoms with E-state index < -0.39 is 10.0 Å². The number of rotatable bonds is 10. The van der Waals surface area contributed by atoms with E-state index in [0.717, 1.165) is 58.7 Å². The summed E-state index contributed by atoms with van der Waals surface area (Å²) >= 11 is 12.4. The predicted octanol–water partition coefficient (Wildman–Crippen LogP) is 2.09. The molecule has 198 valence electrons. The maximum atomic E-state index is 12.7. The smallest absolute Gasteiger partial charge is 0.248 e. The van der Waals surface area contributed by atoms with E-state index in [1.807, 2.05) is 4.90 Å². The van der Waals surface area contributed by atoms with Crippen molar-refractivity contribution in [3.63, 3.8) is 0 Å². The molecule has 0 aliphatic carbocycles. The minimum absolute atomic E-state index is 0.00831. The van der Waals surface area contributed by atoms with Crippen LogP contribution in [0.25, 0.3) is 0 Å². The van der Waals surface area contributed by atoms with Crippen molar-refractivity contribution in [2.75, 3.05) is 79.7 Å². The van der Waals surface area contributed by atoms with Crippen LogP contribution in [0.4, 0.5) is 0 Å². The lowest BCUT2D eigenvalue weighted by Crippen LogP contribution is -2.48. The molecular formula is C23H36Cl2N4O5S. The van der Waals surface area contributed by atoms with Crippen LogP contribution < -0.4 is 9.46 Å². The van der Waals surface area contributed by atoms with Gasteiger partial charge >= 0.3 is 0 Å². The lowest BCUT2D eigenvalue weighted by atomic mass is 9.96. The van der Waals surface area contributed by atoms with Crippen LogP contribution in [-0.2, 0) is 19.6 Å². The molecular weight excluding hydrogens is 515 g/mol. The number of hydrogen-bond donors (Lipinski definition) is 1. The van der Waals surface area contributed by atoms with Crippen molar-refractivity contribution >= 4 is 39.1 Å². The number of piperidine rings is 1. The van der Waals surface area contributed by atoms with Crippen molar-refractivity contribution in [1.29, 1.82) is 0 Å². The topological polar surface area (TPSA) is 91.4 Å². The number of benzene rings is 1. The zero-order chi connectivity index (χ0) is 25.6. The van der Waals surface area contributed by atoms with E-state index in [1.54, 1.807) is 6.92 Å². The fraction of sp³-hybridized carbons (Fsp3) is 0.696. The number of likely N-dealkylation sites (N-methyl/N-ethyl adjacent to an activating group) is 1. The molecule has 0 radical (unpaired) electrons. The van der Waals surface area contributed by atoms with Gasteiger partial charge < -0.3 is 24.2 Å².